The Morgan fingerprint density at radius 3 is 2.64 bits per heavy atom. The fourth-order valence-corrected chi connectivity index (χ4v) is 6.39. The van der Waals surface area contributed by atoms with Crippen molar-refractivity contribution in [2.45, 2.75) is 77.6 Å². The van der Waals surface area contributed by atoms with Crippen LogP contribution in [0.15, 0.2) is 30.3 Å². The van der Waals surface area contributed by atoms with Gasteiger partial charge in [-0.2, -0.15) is 0 Å². The van der Waals surface area contributed by atoms with E-state index >= 15 is 0 Å². The molecule has 1 heterocycles. The smallest absolute Gasteiger partial charge is 0.310 e. The minimum atomic E-state index is -0.158. The van der Waals surface area contributed by atoms with E-state index < -0.39 is 0 Å². The molecule has 174 valence electrons. The van der Waals surface area contributed by atoms with Crippen molar-refractivity contribution in [3.8, 4) is 5.75 Å². The van der Waals surface area contributed by atoms with Crippen molar-refractivity contribution in [3.05, 3.63) is 58.1 Å². The van der Waals surface area contributed by atoms with Crippen LogP contribution in [0.4, 0.5) is 0 Å². The van der Waals surface area contributed by atoms with Gasteiger partial charge in [-0.3, -0.25) is 4.79 Å². The first-order valence-corrected chi connectivity index (χ1v) is 12.6. The highest BCUT2D eigenvalue weighted by atomic mass is 16.6. The Labute approximate surface area is 198 Å². The zero-order valence-electron chi connectivity index (χ0n) is 20.1. The monoisotopic (exact) mass is 446 g/mol. The molecule has 2 aliphatic carbocycles. The van der Waals surface area contributed by atoms with E-state index in [-0.39, 0.29) is 30.0 Å². The minimum absolute atomic E-state index is 0.0142. The van der Waals surface area contributed by atoms with E-state index in [1.54, 1.807) is 0 Å². The summed E-state index contributed by atoms with van der Waals surface area (Å²) in [5, 5.41) is 9.85. The number of fused-ring (bicyclic) bond motifs is 3. The first-order chi connectivity index (χ1) is 15.9. The van der Waals surface area contributed by atoms with Crippen LogP contribution < -0.4 is 10.2 Å². The van der Waals surface area contributed by atoms with Crippen LogP contribution in [-0.4, -0.2) is 25.0 Å². The van der Waals surface area contributed by atoms with E-state index in [2.05, 4.69) is 39.9 Å². The molecule has 1 N–H and O–H groups in total. The van der Waals surface area contributed by atoms with Crippen LogP contribution in [0.2, 0.25) is 0 Å². The molecule has 2 fully saturated rings. The number of aliphatic hydroxyl groups is 1. The Hall–Kier alpha value is -2.27. The predicted molar refractivity (Wildman–Crippen MR) is 132 cm³/mol. The average molecular weight is 446 g/mol. The van der Waals surface area contributed by atoms with Gasteiger partial charge in [0, 0.05) is 11.5 Å². The van der Waals surface area contributed by atoms with Gasteiger partial charge in [-0.05, 0) is 93.0 Å². The van der Waals surface area contributed by atoms with Crippen LogP contribution in [0.1, 0.15) is 72.4 Å². The lowest BCUT2D eigenvalue weighted by Crippen LogP contribution is -2.27. The highest BCUT2D eigenvalue weighted by Crippen LogP contribution is 2.52. The first-order valence-electron chi connectivity index (χ1n) is 12.6. The lowest BCUT2D eigenvalue weighted by Gasteiger charge is -2.33. The van der Waals surface area contributed by atoms with Gasteiger partial charge in [0.25, 0.3) is 0 Å². The highest BCUT2D eigenvalue weighted by molar-refractivity contribution is 6.33. The fraction of sp³-hybridized carbons (Fsp3) is 0.536. The topological polar surface area (TPSA) is 55.8 Å². The summed E-state index contributed by atoms with van der Waals surface area (Å²) in [6.45, 7) is 4.81. The van der Waals surface area contributed by atoms with Crippen molar-refractivity contribution < 1.29 is 19.4 Å². The second-order valence-electron chi connectivity index (χ2n) is 10.5. The second kappa shape index (κ2) is 9.17. The quantitative estimate of drug-likeness (QED) is 0.560. The van der Waals surface area contributed by atoms with Gasteiger partial charge in [-0.25, -0.2) is 0 Å². The van der Waals surface area contributed by atoms with Crippen LogP contribution in [0, 0.1) is 31.6 Å². The molecule has 2 aromatic rings. The molecule has 0 bridgehead atoms. The van der Waals surface area contributed by atoms with Gasteiger partial charge < -0.3 is 14.6 Å². The zero-order chi connectivity index (χ0) is 23.1. The van der Waals surface area contributed by atoms with Gasteiger partial charge in [-0.1, -0.05) is 29.7 Å². The Morgan fingerprint density at radius 2 is 1.88 bits per heavy atom. The lowest BCUT2D eigenvalue weighted by atomic mass is 9.71. The number of carbonyl (C=O) groups is 1. The summed E-state index contributed by atoms with van der Waals surface area (Å²) in [6.07, 6.45) is 6.37. The number of aryl methyl sites for hydroxylation is 1. The number of hydrogen-bond donors (Lipinski definition) is 1. The Morgan fingerprint density at radius 1 is 1.12 bits per heavy atom. The summed E-state index contributed by atoms with van der Waals surface area (Å²) in [7, 11) is 2.11. The van der Waals surface area contributed by atoms with Crippen molar-refractivity contribution >= 4 is 19.3 Å². The van der Waals surface area contributed by atoms with E-state index in [1.165, 1.54) is 27.7 Å². The molecule has 0 spiro atoms. The van der Waals surface area contributed by atoms with Gasteiger partial charge in [0.2, 0.25) is 0 Å². The Balaban J connectivity index is 1.38. The second-order valence-corrected chi connectivity index (χ2v) is 10.5. The van der Waals surface area contributed by atoms with Crippen LogP contribution in [0.25, 0.3) is 0 Å². The number of aliphatic hydroxyl groups excluding tert-OH is 1. The highest BCUT2D eigenvalue weighted by Gasteiger charge is 2.49. The summed E-state index contributed by atoms with van der Waals surface area (Å²) < 4.78 is 12.4. The number of benzene rings is 2. The van der Waals surface area contributed by atoms with Crippen molar-refractivity contribution in [1.82, 2.24) is 0 Å². The van der Waals surface area contributed by atoms with Crippen molar-refractivity contribution in [1.29, 1.82) is 0 Å². The van der Waals surface area contributed by atoms with Crippen LogP contribution in [0.5, 0.6) is 5.75 Å². The molecule has 33 heavy (non-hydrogen) atoms. The molecule has 3 aliphatic rings. The van der Waals surface area contributed by atoms with Gasteiger partial charge in [0.15, 0.2) is 0 Å². The van der Waals surface area contributed by atoms with Crippen molar-refractivity contribution in [3.63, 3.8) is 0 Å². The fourth-order valence-electron chi connectivity index (χ4n) is 6.39. The van der Waals surface area contributed by atoms with E-state index in [4.69, 9.17) is 9.47 Å². The van der Waals surface area contributed by atoms with Gasteiger partial charge >= 0.3 is 5.97 Å². The summed E-state index contributed by atoms with van der Waals surface area (Å²) in [4.78, 5) is 13.0. The molecule has 5 rings (SSSR count). The largest absolute Gasteiger partial charge is 0.489 e. The van der Waals surface area contributed by atoms with Gasteiger partial charge in [0.05, 0.1) is 12.0 Å². The molecular weight excluding hydrogens is 411 g/mol. The normalized spacial score (nSPS) is 28.7. The van der Waals surface area contributed by atoms with Crippen molar-refractivity contribution in [2.24, 2.45) is 17.8 Å². The van der Waals surface area contributed by atoms with E-state index in [0.29, 0.717) is 12.5 Å². The summed E-state index contributed by atoms with van der Waals surface area (Å²) >= 11 is 0. The summed E-state index contributed by atoms with van der Waals surface area (Å²) in [5.41, 5.74) is 7.30. The molecule has 5 heteroatoms. The van der Waals surface area contributed by atoms with Gasteiger partial charge in [0.1, 0.15) is 26.3 Å². The lowest BCUT2D eigenvalue weighted by molar-refractivity contribution is -0.145. The molecule has 2 aromatic carbocycles. The molecule has 1 saturated heterocycles. The van der Waals surface area contributed by atoms with Crippen LogP contribution in [-0.2, 0) is 22.6 Å². The predicted octanol–water partition coefficient (Wildman–Crippen LogP) is 3.86. The molecule has 1 saturated carbocycles. The van der Waals surface area contributed by atoms with E-state index in [1.807, 2.05) is 12.1 Å². The number of carbonyl (C=O) groups excluding carboxylic acids is 1. The standard InChI is InChI=1S/C28H35BO4/c1-16-13-25(32-15-19-5-3-4-6-24(19)29)17(2)26-21(16)11-12-22-23(28(31)33-27(22)26)14-18-7-9-20(30)10-8-18/h3-6,13,18,20,22-23,27,30H,7-12,14-15,29H2,1-2H3/t18?,20?,22-,23?,27+/m0/s1. The molecule has 0 amide bonds. The number of hydrogen-bond acceptors (Lipinski definition) is 4. The average Bonchev–Trinajstić information content (AvgIpc) is 3.12. The first kappa shape index (κ1) is 22.5. The third-order valence-corrected chi connectivity index (χ3v) is 8.43. The molecule has 3 atom stereocenters. The molecule has 1 aliphatic heterocycles. The molecule has 0 aromatic heterocycles. The van der Waals surface area contributed by atoms with Gasteiger partial charge in [-0.15, -0.1) is 0 Å². The number of rotatable bonds is 5. The maximum absolute atomic E-state index is 13.0. The molecule has 0 radical (unpaired) electrons. The third kappa shape index (κ3) is 4.32. The van der Waals surface area contributed by atoms with Crippen molar-refractivity contribution in [2.75, 3.05) is 0 Å². The minimum Gasteiger partial charge on any atom is -0.489 e. The number of ether oxygens (including phenoxy) is 2. The van der Waals surface area contributed by atoms with E-state index in [9.17, 15) is 9.90 Å². The molecule has 1 unspecified atom stereocenters. The Bertz CT molecular complexity index is 1040. The maximum Gasteiger partial charge on any atom is 0.310 e. The number of esters is 1. The summed E-state index contributed by atoms with van der Waals surface area (Å²) in [5.74, 6) is 1.64. The molecular formula is C28H35BO4. The van der Waals surface area contributed by atoms with Crippen LogP contribution in [0.3, 0.4) is 0 Å². The Kier molecular flexibility index (Phi) is 6.26. The maximum atomic E-state index is 13.0. The third-order valence-electron chi connectivity index (χ3n) is 8.43. The SMILES string of the molecule is Bc1ccccc1COc1cc(C)c2c(c1C)[C@@H]1OC(=O)C(CC3CCC(O)CC3)[C@@H]1CC2. The summed E-state index contributed by atoms with van der Waals surface area (Å²) in [6, 6.07) is 10.5. The molecule has 4 nitrogen and oxygen atoms in total. The van der Waals surface area contributed by atoms with Crippen LogP contribution >= 0.6 is 0 Å². The zero-order valence-corrected chi connectivity index (χ0v) is 20.1. The van der Waals surface area contributed by atoms with E-state index in [0.717, 1.165) is 56.3 Å².